The number of hydrogen-bond acceptors (Lipinski definition) is 5. The van der Waals surface area contributed by atoms with Gasteiger partial charge in [0.1, 0.15) is 11.5 Å². The Bertz CT molecular complexity index is 1280. The first-order valence-corrected chi connectivity index (χ1v) is 15.5. The molecule has 1 N–H and O–H groups in total. The van der Waals surface area contributed by atoms with Crippen molar-refractivity contribution >= 4 is 28.7 Å². The van der Waals surface area contributed by atoms with Gasteiger partial charge in [0.25, 0.3) is 5.56 Å². The zero-order valence-corrected chi connectivity index (χ0v) is 23.7. The summed E-state index contributed by atoms with van der Waals surface area (Å²) in [4.78, 5) is 44.4. The molecule has 2 aromatic heterocycles. The van der Waals surface area contributed by atoms with Crippen molar-refractivity contribution in [3.05, 3.63) is 38.9 Å². The van der Waals surface area contributed by atoms with Crippen LogP contribution in [0.1, 0.15) is 97.1 Å². The van der Waals surface area contributed by atoms with Crippen LogP contribution in [0.15, 0.2) is 21.9 Å². The number of fused-ring (bicyclic) bond motifs is 1. The third-order valence-corrected chi connectivity index (χ3v) is 10.3. The van der Waals surface area contributed by atoms with Gasteiger partial charge in [0.05, 0.1) is 11.6 Å². The SMILES string of the molecule is CC(C)(C)C1CCC(C(=O)N[C@H]2CC[C@@H](n3c(=O)c4cc(F)cnc4n(C4CCSCC4)c3=O)CC2)CC1. The zero-order valence-electron chi connectivity index (χ0n) is 22.9. The van der Waals surface area contributed by atoms with E-state index in [1.165, 1.54) is 10.6 Å². The average molecular weight is 545 g/mol. The Morgan fingerprint density at radius 1 is 0.947 bits per heavy atom. The highest BCUT2D eigenvalue weighted by molar-refractivity contribution is 7.99. The lowest BCUT2D eigenvalue weighted by molar-refractivity contribution is -0.127. The number of halogens is 1. The maximum absolute atomic E-state index is 14.1. The summed E-state index contributed by atoms with van der Waals surface area (Å²) in [5.41, 5.74) is -0.211. The quantitative estimate of drug-likeness (QED) is 0.571. The van der Waals surface area contributed by atoms with Gasteiger partial charge in [-0.25, -0.2) is 14.2 Å². The van der Waals surface area contributed by atoms with Crippen molar-refractivity contribution in [2.75, 3.05) is 11.5 Å². The summed E-state index contributed by atoms with van der Waals surface area (Å²) in [6, 6.07) is 0.976. The molecule has 0 radical (unpaired) electrons. The molecule has 7 nitrogen and oxygen atoms in total. The Morgan fingerprint density at radius 2 is 1.58 bits per heavy atom. The first-order chi connectivity index (χ1) is 18.1. The smallest absolute Gasteiger partial charge is 0.333 e. The van der Waals surface area contributed by atoms with Gasteiger partial charge in [-0.05, 0) is 93.1 Å². The summed E-state index contributed by atoms with van der Waals surface area (Å²) in [5.74, 6) is 2.22. The second-order valence-electron chi connectivity index (χ2n) is 12.6. The zero-order chi connectivity index (χ0) is 27.0. The van der Waals surface area contributed by atoms with E-state index >= 15 is 0 Å². The van der Waals surface area contributed by atoms with Crippen molar-refractivity contribution in [3.63, 3.8) is 0 Å². The van der Waals surface area contributed by atoms with Gasteiger partial charge < -0.3 is 5.32 Å². The number of hydrogen-bond donors (Lipinski definition) is 1. The molecule has 0 atom stereocenters. The summed E-state index contributed by atoms with van der Waals surface area (Å²) >= 11 is 1.86. The van der Waals surface area contributed by atoms with Gasteiger partial charge >= 0.3 is 5.69 Å². The largest absolute Gasteiger partial charge is 0.353 e. The molecule has 3 heterocycles. The summed E-state index contributed by atoms with van der Waals surface area (Å²) in [6.45, 7) is 6.86. The lowest BCUT2D eigenvalue weighted by Crippen LogP contribution is -2.47. The van der Waals surface area contributed by atoms with Gasteiger partial charge in [0.2, 0.25) is 5.91 Å². The van der Waals surface area contributed by atoms with Gasteiger partial charge in [0, 0.05) is 24.0 Å². The number of carbonyl (C=O) groups excluding carboxylic acids is 1. The van der Waals surface area contributed by atoms with E-state index in [2.05, 4.69) is 31.1 Å². The van der Waals surface area contributed by atoms with Crippen LogP contribution in [0.3, 0.4) is 0 Å². The molecule has 3 aliphatic rings. The van der Waals surface area contributed by atoms with E-state index < -0.39 is 11.4 Å². The first kappa shape index (κ1) is 27.4. The Labute approximate surface area is 228 Å². The number of rotatable bonds is 4. The van der Waals surface area contributed by atoms with Crippen LogP contribution in [0.5, 0.6) is 0 Å². The topological polar surface area (TPSA) is 86.0 Å². The molecule has 0 spiro atoms. The fourth-order valence-electron chi connectivity index (χ4n) is 6.82. The van der Waals surface area contributed by atoms with Crippen molar-refractivity contribution in [3.8, 4) is 0 Å². The van der Waals surface area contributed by atoms with Crippen molar-refractivity contribution < 1.29 is 9.18 Å². The van der Waals surface area contributed by atoms with Gasteiger partial charge in [-0.15, -0.1) is 0 Å². The minimum absolute atomic E-state index is 0.0416. The summed E-state index contributed by atoms with van der Waals surface area (Å²) in [7, 11) is 0. The second kappa shape index (κ2) is 11.1. The maximum Gasteiger partial charge on any atom is 0.333 e. The Morgan fingerprint density at radius 3 is 2.21 bits per heavy atom. The van der Waals surface area contributed by atoms with E-state index in [1.54, 1.807) is 4.57 Å². The molecule has 2 aromatic rings. The molecule has 38 heavy (non-hydrogen) atoms. The monoisotopic (exact) mass is 544 g/mol. The van der Waals surface area contributed by atoms with Crippen LogP contribution < -0.4 is 16.6 Å². The van der Waals surface area contributed by atoms with E-state index in [0.717, 1.165) is 69.1 Å². The lowest BCUT2D eigenvalue weighted by Gasteiger charge is -2.37. The molecule has 2 saturated carbocycles. The molecule has 9 heteroatoms. The molecule has 0 unspecified atom stereocenters. The highest BCUT2D eigenvalue weighted by Gasteiger charge is 2.34. The predicted molar refractivity (Wildman–Crippen MR) is 150 cm³/mol. The third kappa shape index (κ3) is 5.58. The molecule has 2 aliphatic carbocycles. The molecule has 3 fully saturated rings. The number of carbonyl (C=O) groups is 1. The van der Waals surface area contributed by atoms with Gasteiger partial charge in [-0.1, -0.05) is 20.8 Å². The van der Waals surface area contributed by atoms with Crippen LogP contribution in [0.2, 0.25) is 0 Å². The van der Waals surface area contributed by atoms with Gasteiger partial charge in [-0.3, -0.25) is 18.7 Å². The molecule has 208 valence electrons. The van der Waals surface area contributed by atoms with E-state index in [9.17, 15) is 18.8 Å². The molecule has 1 aliphatic heterocycles. The predicted octanol–water partition coefficient (Wildman–Crippen LogP) is 5.22. The van der Waals surface area contributed by atoms with Crippen LogP contribution in [-0.2, 0) is 4.79 Å². The minimum atomic E-state index is -0.575. The standard InChI is InChI=1S/C29H41FN4O3S/c1-29(2,3)19-6-4-18(5-7-19)26(35)32-21-8-10-22(11-9-21)34-27(36)24-16-20(30)17-31-25(24)33(28(34)37)23-12-14-38-15-13-23/h16-19,21-23H,4-15H2,1-3H3,(H,32,35)/t18?,19?,21-,22+. The number of thioether (sulfide) groups is 1. The highest BCUT2D eigenvalue weighted by Crippen LogP contribution is 2.40. The van der Waals surface area contributed by atoms with Crippen LogP contribution in [0.4, 0.5) is 4.39 Å². The third-order valence-electron chi connectivity index (χ3n) is 9.21. The normalized spacial score (nSPS) is 27.4. The lowest BCUT2D eigenvalue weighted by atomic mass is 9.69. The van der Waals surface area contributed by atoms with Crippen LogP contribution in [0.25, 0.3) is 11.0 Å². The van der Waals surface area contributed by atoms with Gasteiger partial charge in [0.15, 0.2) is 0 Å². The summed E-state index contributed by atoms with van der Waals surface area (Å²) in [5, 5.41) is 3.44. The summed E-state index contributed by atoms with van der Waals surface area (Å²) in [6.07, 6.45) is 9.53. The number of nitrogens with zero attached hydrogens (tertiary/aromatic N) is 3. The van der Waals surface area contributed by atoms with Crippen molar-refractivity contribution in [1.82, 2.24) is 19.4 Å². The Kier molecular flexibility index (Phi) is 8.04. The molecule has 1 saturated heterocycles. The van der Waals surface area contributed by atoms with Crippen LogP contribution >= 0.6 is 11.8 Å². The summed E-state index contributed by atoms with van der Waals surface area (Å²) < 4.78 is 17.1. The molecule has 1 amide bonds. The number of nitrogens with one attached hydrogen (secondary N) is 1. The van der Waals surface area contributed by atoms with E-state index in [0.29, 0.717) is 18.8 Å². The Hall–Kier alpha value is -2.16. The molecular formula is C29H41FN4O3S. The van der Waals surface area contributed by atoms with Crippen molar-refractivity contribution in [2.24, 2.45) is 17.3 Å². The number of amides is 1. The van der Waals surface area contributed by atoms with E-state index in [-0.39, 0.29) is 52.1 Å². The average Bonchev–Trinajstić information content (AvgIpc) is 2.90. The fraction of sp³-hybridized carbons (Fsp3) is 0.724. The van der Waals surface area contributed by atoms with Gasteiger partial charge in [-0.2, -0.15) is 11.8 Å². The second-order valence-corrected chi connectivity index (χ2v) is 13.8. The Balaban J connectivity index is 1.30. The minimum Gasteiger partial charge on any atom is -0.353 e. The van der Waals surface area contributed by atoms with Crippen molar-refractivity contribution in [2.45, 2.75) is 103 Å². The first-order valence-electron chi connectivity index (χ1n) is 14.3. The molecular weight excluding hydrogens is 503 g/mol. The van der Waals surface area contributed by atoms with E-state index in [1.807, 2.05) is 11.8 Å². The highest BCUT2D eigenvalue weighted by atomic mass is 32.2. The van der Waals surface area contributed by atoms with Crippen molar-refractivity contribution in [1.29, 1.82) is 0 Å². The number of pyridine rings is 1. The van der Waals surface area contributed by atoms with Crippen LogP contribution in [0, 0.1) is 23.1 Å². The van der Waals surface area contributed by atoms with Crippen LogP contribution in [-0.4, -0.2) is 37.6 Å². The molecule has 0 bridgehead atoms. The maximum atomic E-state index is 14.1. The molecule has 0 aromatic carbocycles. The fourth-order valence-corrected chi connectivity index (χ4v) is 7.90. The molecule has 5 rings (SSSR count). The van der Waals surface area contributed by atoms with E-state index in [4.69, 9.17) is 0 Å². The number of aromatic nitrogens is 3.